The zero-order chi connectivity index (χ0) is 13.6. The van der Waals surface area contributed by atoms with Gasteiger partial charge in [0.2, 0.25) is 0 Å². The molecule has 2 aliphatic carbocycles. The smallest absolute Gasteiger partial charge is 0.186 e. The summed E-state index contributed by atoms with van der Waals surface area (Å²) in [6, 6.07) is 7.97. The maximum Gasteiger partial charge on any atom is 0.186 e. The third kappa shape index (κ3) is 1.64. The van der Waals surface area contributed by atoms with Crippen LogP contribution < -0.4 is 0 Å². The van der Waals surface area contributed by atoms with Crippen molar-refractivity contribution in [3.8, 4) is 0 Å². The van der Waals surface area contributed by atoms with E-state index in [4.69, 9.17) is 4.74 Å². The van der Waals surface area contributed by atoms with E-state index in [0.29, 0.717) is 12.0 Å². The number of hydrogen-bond acceptors (Lipinski definition) is 2. The highest BCUT2D eigenvalue weighted by molar-refractivity contribution is 6.07. The van der Waals surface area contributed by atoms with Gasteiger partial charge in [0, 0.05) is 11.5 Å². The minimum absolute atomic E-state index is 0.115. The van der Waals surface area contributed by atoms with Crippen LogP contribution in [0, 0.1) is 5.92 Å². The number of ketones is 1. The highest BCUT2D eigenvalue weighted by Crippen LogP contribution is 2.54. The molecule has 0 amide bonds. The van der Waals surface area contributed by atoms with Gasteiger partial charge in [-0.25, -0.2) is 0 Å². The molecular weight excluding hydrogens is 248 g/mol. The molecule has 1 aromatic rings. The molecule has 1 saturated heterocycles. The monoisotopic (exact) mass is 268 g/mol. The number of ether oxygens (including phenoxy) is 1. The molecule has 1 aliphatic heterocycles. The quantitative estimate of drug-likeness (QED) is 0.711. The lowest BCUT2D eigenvalue weighted by atomic mass is 9.65. The molecule has 0 aromatic heterocycles. The fourth-order valence-corrected chi connectivity index (χ4v) is 4.19. The minimum atomic E-state index is -0.313. The van der Waals surface area contributed by atoms with Crippen LogP contribution in [0.25, 0.3) is 0 Å². The molecule has 2 fully saturated rings. The average molecular weight is 268 g/mol. The topological polar surface area (TPSA) is 26.3 Å². The first-order valence-electron chi connectivity index (χ1n) is 7.82. The largest absolute Gasteiger partial charge is 0.362 e. The van der Waals surface area contributed by atoms with Crippen molar-refractivity contribution in [2.24, 2.45) is 5.92 Å². The Morgan fingerprint density at radius 3 is 2.75 bits per heavy atom. The van der Waals surface area contributed by atoms with Crippen molar-refractivity contribution in [2.75, 3.05) is 0 Å². The molecule has 3 atom stereocenters. The molecule has 0 N–H and O–H groups in total. The van der Waals surface area contributed by atoms with E-state index in [2.05, 4.69) is 6.07 Å². The summed E-state index contributed by atoms with van der Waals surface area (Å²) in [6.07, 6.45) is 11.8. The van der Waals surface area contributed by atoms with Gasteiger partial charge < -0.3 is 4.74 Å². The van der Waals surface area contributed by atoms with E-state index in [1.807, 2.05) is 24.3 Å². The van der Waals surface area contributed by atoms with Crippen molar-refractivity contribution in [2.45, 2.75) is 50.2 Å². The normalized spacial score (nSPS) is 35.7. The van der Waals surface area contributed by atoms with Crippen molar-refractivity contribution < 1.29 is 9.53 Å². The molecule has 1 unspecified atom stereocenters. The van der Waals surface area contributed by atoms with Crippen LogP contribution in [0.2, 0.25) is 0 Å². The van der Waals surface area contributed by atoms with Crippen molar-refractivity contribution in [3.05, 3.63) is 47.5 Å². The van der Waals surface area contributed by atoms with Crippen LogP contribution in [0.15, 0.2) is 36.4 Å². The number of carbonyl (C=O) groups is 1. The van der Waals surface area contributed by atoms with Crippen LogP contribution in [0.4, 0.5) is 0 Å². The van der Waals surface area contributed by atoms with Gasteiger partial charge in [-0.2, -0.15) is 0 Å². The van der Waals surface area contributed by atoms with Crippen molar-refractivity contribution in [3.63, 3.8) is 0 Å². The highest BCUT2D eigenvalue weighted by Gasteiger charge is 2.56. The van der Waals surface area contributed by atoms with Crippen molar-refractivity contribution in [1.82, 2.24) is 0 Å². The Morgan fingerprint density at radius 1 is 1.05 bits per heavy atom. The van der Waals surface area contributed by atoms with Crippen molar-refractivity contribution in [1.29, 1.82) is 0 Å². The molecule has 1 heterocycles. The zero-order valence-corrected chi connectivity index (χ0v) is 11.7. The molecule has 4 rings (SSSR count). The van der Waals surface area contributed by atoms with Gasteiger partial charge in [-0.1, -0.05) is 49.9 Å². The van der Waals surface area contributed by atoms with E-state index in [0.717, 1.165) is 11.1 Å². The summed E-state index contributed by atoms with van der Waals surface area (Å²) >= 11 is 0. The Morgan fingerprint density at radius 2 is 1.85 bits per heavy atom. The van der Waals surface area contributed by atoms with Gasteiger partial charge in [0.15, 0.2) is 5.78 Å². The van der Waals surface area contributed by atoms with Gasteiger partial charge in [0.25, 0.3) is 0 Å². The molecular formula is C18H20O2. The van der Waals surface area contributed by atoms with Crippen LogP contribution >= 0.6 is 0 Å². The third-order valence-electron chi connectivity index (χ3n) is 5.20. The first-order chi connectivity index (χ1) is 9.81. The summed E-state index contributed by atoms with van der Waals surface area (Å²) in [5.41, 5.74) is 1.61. The Kier molecular flexibility index (Phi) is 2.81. The van der Waals surface area contributed by atoms with Crippen LogP contribution in [-0.2, 0) is 10.3 Å². The fraction of sp³-hybridized carbons (Fsp3) is 0.500. The second-order valence-corrected chi connectivity index (χ2v) is 6.29. The van der Waals surface area contributed by atoms with Crippen LogP contribution in [0.3, 0.4) is 0 Å². The predicted octanol–water partition coefficient (Wildman–Crippen LogP) is 4.00. The van der Waals surface area contributed by atoms with E-state index in [1.165, 1.54) is 38.5 Å². The summed E-state index contributed by atoms with van der Waals surface area (Å²) in [5, 5.41) is 0. The minimum Gasteiger partial charge on any atom is -0.362 e. The molecule has 104 valence electrons. The summed E-state index contributed by atoms with van der Waals surface area (Å²) in [7, 11) is 0. The summed E-state index contributed by atoms with van der Waals surface area (Å²) in [5.74, 6) is 0.664. The first kappa shape index (κ1) is 12.3. The molecule has 0 radical (unpaired) electrons. The number of benzene rings is 1. The molecule has 1 spiro atoms. The predicted molar refractivity (Wildman–Crippen MR) is 77.7 cm³/mol. The van der Waals surface area contributed by atoms with Crippen molar-refractivity contribution >= 4 is 5.78 Å². The Hall–Kier alpha value is -1.41. The van der Waals surface area contributed by atoms with Gasteiger partial charge in [-0.3, -0.25) is 4.79 Å². The Labute approximate surface area is 119 Å². The number of allylic oxidation sites excluding steroid dienone is 1. The zero-order valence-electron chi connectivity index (χ0n) is 11.7. The highest BCUT2D eigenvalue weighted by atomic mass is 16.5. The Balaban J connectivity index is 1.74. The second kappa shape index (κ2) is 4.56. The Bertz CT molecular complexity index is 575. The molecule has 1 aromatic carbocycles. The summed E-state index contributed by atoms with van der Waals surface area (Å²) in [4.78, 5) is 12.1. The third-order valence-corrected chi connectivity index (χ3v) is 5.20. The van der Waals surface area contributed by atoms with E-state index in [1.54, 1.807) is 6.08 Å². The van der Waals surface area contributed by atoms with E-state index < -0.39 is 0 Å². The molecule has 0 bridgehead atoms. The SMILES string of the molecule is O=C1C=CC2(O[C@@H]3CCCCCC[C@@H]32)c2ccccc21. The van der Waals surface area contributed by atoms with Gasteiger partial charge in [-0.15, -0.1) is 0 Å². The lowest BCUT2D eigenvalue weighted by Crippen LogP contribution is -2.58. The number of rotatable bonds is 0. The van der Waals surface area contributed by atoms with Gasteiger partial charge in [0.1, 0.15) is 5.60 Å². The van der Waals surface area contributed by atoms with E-state index in [9.17, 15) is 4.79 Å². The maximum absolute atomic E-state index is 12.1. The van der Waals surface area contributed by atoms with E-state index in [-0.39, 0.29) is 11.4 Å². The van der Waals surface area contributed by atoms with Gasteiger partial charge in [-0.05, 0) is 30.6 Å². The maximum atomic E-state index is 12.1. The standard InChI is InChI=1S/C18H20O2/c19-16-11-12-18(14-8-6-5-7-13(14)16)15-9-3-1-2-4-10-17(15)20-18/h5-8,11-12,15,17H,1-4,9-10H2/t15-,17+,18?/m0/s1. The summed E-state index contributed by atoms with van der Waals surface area (Å²) < 4.78 is 6.34. The molecule has 3 aliphatic rings. The molecule has 20 heavy (non-hydrogen) atoms. The number of hydrogen-bond donors (Lipinski definition) is 0. The molecule has 2 nitrogen and oxygen atoms in total. The lowest BCUT2D eigenvalue weighted by Gasteiger charge is -2.56. The van der Waals surface area contributed by atoms with Crippen LogP contribution in [0.5, 0.6) is 0 Å². The second-order valence-electron chi connectivity index (χ2n) is 6.29. The summed E-state index contributed by atoms with van der Waals surface area (Å²) in [6.45, 7) is 0. The lowest BCUT2D eigenvalue weighted by molar-refractivity contribution is -0.248. The number of fused-ring (bicyclic) bond motifs is 4. The fourth-order valence-electron chi connectivity index (χ4n) is 4.19. The molecule has 1 saturated carbocycles. The van der Waals surface area contributed by atoms with Crippen LogP contribution in [0.1, 0.15) is 54.4 Å². The van der Waals surface area contributed by atoms with Crippen LogP contribution in [-0.4, -0.2) is 11.9 Å². The first-order valence-corrected chi connectivity index (χ1v) is 7.82. The van der Waals surface area contributed by atoms with E-state index >= 15 is 0 Å². The van der Waals surface area contributed by atoms with Gasteiger partial charge >= 0.3 is 0 Å². The van der Waals surface area contributed by atoms with Gasteiger partial charge in [0.05, 0.1) is 6.10 Å². The average Bonchev–Trinajstić information content (AvgIpc) is 2.45. The molecule has 2 heteroatoms. The number of carbonyl (C=O) groups excluding carboxylic acids is 1.